The number of hydrogen-bond acceptors (Lipinski definition) is 3. The van der Waals surface area contributed by atoms with E-state index < -0.39 is 0 Å². The molecule has 2 heterocycles. The first-order chi connectivity index (χ1) is 22.2. The fourth-order valence-corrected chi connectivity index (χ4v) is 5.85. The summed E-state index contributed by atoms with van der Waals surface area (Å²) in [4.78, 5) is 18.8. The summed E-state index contributed by atoms with van der Waals surface area (Å²) in [5.41, 5.74) is 8.87. The Hall–Kier alpha value is -6.38. The lowest BCUT2D eigenvalue weighted by Crippen LogP contribution is -2.06. The van der Waals surface area contributed by atoms with Crippen molar-refractivity contribution < 1.29 is 0 Å². The van der Waals surface area contributed by atoms with Crippen LogP contribution in [0.2, 0.25) is 0 Å². The average molecular weight is 576 g/mol. The first-order valence-electron chi connectivity index (χ1n) is 14.7. The summed E-state index contributed by atoms with van der Waals surface area (Å²) in [5.74, 6) is 1.70. The summed E-state index contributed by atoms with van der Waals surface area (Å²) in [5, 5.41) is 2.03. The molecule has 0 N–H and O–H groups in total. The van der Waals surface area contributed by atoms with E-state index in [2.05, 4.69) is 94.3 Å². The van der Waals surface area contributed by atoms with Gasteiger partial charge in [-0.05, 0) is 45.8 Å². The average Bonchev–Trinajstić information content (AvgIpc) is 3.46. The van der Waals surface area contributed by atoms with E-state index >= 15 is 0 Å². The molecule has 0 unspecified atom stereocenters. The van der Waals surface area contributed by atoms with Crippen LogP contribution >= 0.6 is 0 Å². The van der Waals surface area contributed by atoms with Crippen LogP contribution in [0.5, 0.6) is 0 Å². The lowest BCUT2D eigenvalue weighted by Gasteiger charge is -2.12. The van der Waals surface area contributed by atoms with Crippen molar-refractivity contribution in [1.29, 1.82) is 0 Å². The van der Waals surface area contributed by atoms with Gasteiger partial charge in [0.15, 0.2) is 17.3 Å². The molecular formula is C40H25N5. The molecule has 0 fully saturated rings. The largest absolute Gasteiger partial charge is 0.278 e. The van der Waals surface area contributed by atoms with Gasteiger partial charge in [0.25, 0.3) is 0 Å². The maximum Gasteiger partial charge on any atom is 0.238 e. The first-order valence-corrected chi connectivity index (χ1v) is 14.7. The molecule has 5 nitrogen and oxygen atoms in total. The van der Waals surface area contributed by atoms with Gasteiger partial charge < -0.3 is 0 Å². The topological polar surface area (TPSA) is 48.0 Å². The minimum absolute atomic E-state index is 0.524. The Labute approximate surface area is 260 Å². The second kappa shape index (κ2) is 11.0. The fourth-order valence-electron chi connectivity index (χ4n) is 5.85. The quantitative estimate of drug-likeness (QED) is 0.192. The minimum Gasteiger partial charge on any atom is -0.278 e. The summed E-state index contributed by atoms with van der Waals surface area (Å²) in [6, 6.07) is 51.3. The van der Waals surface area contributed by atoms with E-state index in [-0.39, 0.29) is 0 Å². The van der Waals surface area contributed by atoms with Crippen LogP contribution < -0.4 is 0 Å². The van der Waals surface area contributed by atoms with Gasteiger partial charge in [0.2, 0.25) is 5.95 Å². The van der Waals surface area contributed by atoms with Gasteiger partial charge in [-0.15, -0.1) is 0 Å². The molecule has 8 rings (SSSR count). The number of para-hydroxylation sites is 1. The zero-order valence-electron chi connectivity index (χ0n) is 24.2. The van der Waals surface area contributed by atoms with Crippen LogP contribution in [0, 0.1) is 6.57 Å². The number of hydrogen-bond donors (Lipinski definition) is 0. The third kappa shape index (κ3) is 4.81. The van der Waals surface area contributed by atoms with E-state index in [0.29, 0.717) is 23.3 Å². The molecule has 210 valence electrons. The highest BCUT2D eigenvalue weighted by atomic mass is 15.2. The summed E-state index contributed by atoms with van der Waals surface area (Å²) in [6.07, 6.45) is 0. The van der Waals surface area contributed by atoms with Crippen LogP contribution in [-0.2, 0) is 0 Å². The van der Waals surface area contributed by atoms with Gasteiger partial charge in [0, 0.05) is 16.5 Å². The number of nitrogens with zero attached hydrogens (tertiary/aromatic N) is 5. The highest BCUT2D eigenvalue weighted by Crippen LogP contribution is 2.35. The second-order valence-electron chi connectivity index (χ2n) is 10.8. The highest BCUT2D eigenvalue weighted by Gasteiger charge is 2.18. The molecule has 45 heavy (non-hydrogen) atoms. The molecule has 0 spiro atoms. The van der Waals surface area contributed by atoms with Gasteiger partial charge in [-0.25, -0.2) is 9.83 Å². The van der Waals surface area contributed by atoms with Gasteiger partial charge >= 0.3 is 0 Å². The smallest absolute Gasteiger partial charge is 0.238 e. The van der Waals surface area contributed by atoms with Gasteiger partial charge in [-0.2, -0.15) is 9.97 Å². The van der Waals surface area contributed by atoms with Crippen molar-refractivity contribution in [3.8, 4) is 51.0 Å². The molecule has 0 radical (unpaired) electrons. The minimum atomic E-state index is 0.524. The fraction of sp³-hybridized carbons (Fsp3) is 0. The Bertz CT molecular complexity index is 2250. The van der Waals surface area contributed by atoms with Crippen molar-refractivity contribution in [3.63, 3.8) is 0 Å². The normalized spacial score (nSPS) is 11.1. The molecule has 0 saturated carbocycles. The van der Waals surface area contributed by atoms with E-state index in [1.54, 1.807) is 0 Å². The van der Waals surface area contributed by atoms with Crippen LogP contribution in [-0.4, -0.2) is 19.5 Å². The zero-order valence-corrected chi connectivity index (χ0v) is 24.2. The van der Waals surface area contributed by atoms with Crippen LogP contribution in [0.4, 0.5) is 5.69 Å². The standard InChI is InChI=1S/C40H25N5/c1-41-33-24-25-37-35(26-33)34-14-8-9-15-36(34)45(37)40-43-38(31-20-16-29(17-21-31)27-10-4-2-5-11-27)42-39(44-40)32-22-18-30(19-23-32)28-12-6-3-7-13-28/h2-26H. The lowest BCUT2D eigenvalue weighted by molar-refractivity contribution is 0.953. The predicted octanol–water partition coefficient (Wildman–Crippen LogP) is 10.2. The molecule has 0 aliphatic carbocycles. The second-order valence-corrected chi connectivity index (χ2v) is 10.8. The number of aromatic nitrogens is 4. The highest BCUT2D eigenvalue weighted by molar-refractivity contribution is 6.10. The maximum absolute atomic E-state index is 7.57. The Morgan fingerprint density at radius 2 is 0.889 bits per heavy atom. The van der Waals surface area contributed by atoms with Crippen molar-refractivity contribution in [2.24, 2.45) is 0 Å². The molecule has 0 aliphatic rings. The van der Waals surface area contributed by atoms with Gasteiger partial charge in [-0.1, -0.05) is 133 Å². The van der Waals surface area contributed by atoms with Gasteiger partial charge in [-0.3, -0.25) is 4.57 Å². The first kappa shape index (κ1) is 26.3. The number of fused-ring (bicyclic) bond motifs is 3. The molecule has 0 amide bonds. The third-order valence-corrected chi connectivity index (χ3v) is 8.11. The third-order valence-electron chi connectivity index (χ3n) is 8.11. The molecular weight excluding hydrogens is 550 g/mol. The molecule has 0 bridgehead atoms. The number of benzene rings is 6. The summed E-state index contributed by atoms with van der Waals surface area (Å²) in [6.45, 7) is 7.57. The van der Waals surface area contributed by atoms with Crippen LogP contribution in [0.1, 0.15) is 0 Å². The van der Waals surface area contributed by atoms with Crippen LogP contribution in [0.25, 0.3) is 77.6 Å². The van der Waals surface area contributed by atoms with Crippen molar-refractivity contribution >= 4 is 27.5 Å². The molecule has 5 heteroatoms. The Morgan fingerprint density at radius 1 is 0.422 bits per heavy atom. The zero-order chi connectivity index (χ0) is 30.2. The Kier molecular flexibility index (Phi) is 6.44. The van der Waals surface area contributed by atoms with Crippen molar-refractivity contribution in [2.45, 2.75) is 0 Å². The molecule has 8 aromatic rings. The van der Waals surface area contributed by atoms with Crippen LogP contribution in [0.15, 0.2) is 152 Å². The maximum atomic E-state index is 7.57. The van der Waals surface area contributed by atoms with Gasteiger partial charge in [0.05, 0.1) is 17.6 Å². The van der Waals surface area contributed by atoms with E-state index in [1.807, 2.05) is 66.7 Å². The molecule has 2 aromatic heterocycles. The Morgan fingerprint density at radius 3 is 1.44 bits per heavy atom. The van der Waals surface area contributed by atoms with Crippen molar-refractivity contribution in [1.82, 2.24) is 19.5 Å². The van der Waals surface area contributed by atoms with E-state index in [0.717, 1.165) is 55.2 Å². The van der Waals surface area contributed by atoms with Crippen molar-refractivity contribution in [3.05, 3.63) is 163 Å². The Balaban J connectivity index is 1.32. The lowest BCUT2D eigenvalue weighted by atomic mass is 10.0. The molecule has 0 aliphatic heterocycles. The monoisotopic (exact) mass is 575 g/mol. The molecule has 0 saturated heterocycles. The van der Waals surface area contributed by atoms with E-state index in [9.17, 15) is 0 Å². The summed E-state index contributed by atoms with van der Waals surface area (Å²) < 4.78 is 2.07. The number of rotatable bonds is 5. The molecule has 6 aromatic carbocycles. The summed E-state index contributed by atoms with van der Waals surface area (Å²) in [7, 11) is 0. The van der Waals surface area contributed by atoms with Crippen LogP contribution in [0.3, 0.4) is 0 Å². The predicted molar refractivity (Wildman–Crippen MR) is 182 cm³/mol. The van der Waals surface area contributed by atoms with Gasteiger partial charge in [0.1, 0.15) is 0 Å². The molecule has 0 atom stereocenters. The summed E-state index contributed by atoms with van der Waals surface area (Å²) >= 11 is 0. The SMILES string of the molecule is [C-]#[N+]c1ccc2c(c1)c1ccccc1n2-c1nc(-c2ccc(-c3ccccc3)cc2)nc(-c2ccc(-c3ccccc3)cc2)n1. The van der Waals surface area contributed by atoms with E-state index in [4.69, 9.17) is 21.5 Å². The van der Waals surface area contributed by atoms with Crippen molar-refractivity contribution in [2.75, 3.05) is 0 Å². The van der Waals surface area contributed by atoms with E-state index in [1.165, 1.54) is 0 Å².